The van der Waals surface area contributed by atoms with Gasteiger partial charge in [0, 0.05) is 41.9 Å². The highest BCUT2D eigenvalue weighted by Gasteiger charge is 2.27. The summed E-state index contributed by atoms with van der Waals surface area (Å²) in [6.07, 6.45) is 1.09. The lowest BCUT2D eigenvalue weighted by Gasteiger charge is -2.37. The molecule has 6 nitrogen and oxygen atoms in total. The van der Waals surface area contributed by atoms with Crippen molar-refractivity contribution in [3.05, 3.63) is 58.1 Å². The standard InChI is InChI=1S/C20H23Cl2N3O3S/c1-15-18(22)7-4-8-19(15)25(29(2,27)28)14-20(26)24-11-9-23(10-12-24)17-6-3-5-16(21)13-17/h3-8,13H,9-12,14H2,1-2H3. The first-order valence-electron chi connectivity index (χ1n) is 9.18. The van der Waals surface area contributed by atoms with Gasteiger partial charge in [0.1, 0.15) is 6.54 Å². The van der Waals surface area contributed by atoms with Crippen LogP contribution in [0.5, 0.6) is 0 Å². The second-order valence-corrected chi connectivity index (χ2v) is 9.75. The lowest BCUT2D eigenvalue weighted by Crippen LogP contribution is -2.52. The number of carbonyl (C=O) groups excluding carboxylic acids is 1. The van der Waals surface area contributed by atoms with Gasteiger partial charge in [0.15, 0.2) is 0 Å². The molecule has 0 aliphatic carbocycles. The lowest BCUT2D eigenvalue weighted by molar-refractivity contribution is -0.129. The minimum absolute atomic E-state index is 0.236. The van der Waals surface area contributed by atoms with E-state index in [-0.39, 0.29) is 12.5 Å². The third-order valence-corrected chi connectivity index (χ3v) is 6.76. The van der Waals surface area contributed by atoms with Crippen LogP contribution in [0.15, 0.2) is 42.5 Å². The maximum Gasteiger partial charge on any atom is 0.243 e. The number of amides is 1. The molecule has 0 N–H and O–H groups in total. The Bertz CT molecular complexity index is 1010. The fraction of sp³-hybridized carbons (Fsp3) is 0.350. The fourth-order valence-corrected chi connectivity index (χ4v) is 4.61. The largest absolute Gasteiger partial charge is 0.368 e. The van der Waals surface area contributed by atoms with Crippen molar-refractivity contribution >= 4 is 50.5 Å². The van der Waals surface area contributed by atoms with Gasteiger partial charge in [0.05, 0.1) is 11.9 Å². The maximum atomic E-state index is 12.9. The van der Waals surface area contributed by atoms with Crippen LogP contribution in [0.3, 0.4) is 0 Å². The van der Waals surface area contributed by atoms with E-state index in [9.17, 15) is 13.2 Å². The molecule has 29 heavy (non-hydrogen) atoms. The van der Waals surface area contributed by atoms with Crippen molar-refractivity contribution in [2.75, 3.05) is 48.2 Å². The van der Waals surface area contributed by atoms with Crippen molar-refractivity contribution in [3.8, 4) is 0 Å². The van der Waals surface area contributed by atoms with Gasteiger partial charge in [-0.25, -0.2) is 8.42 Å². The maximum absolute atomic E-state index is 12.9. The molecule has 0 radical (unpaired) electrons. The zero-order chi connectivity index (χ0) is 21.2. The molecule has 1 amide bonds. The summed E-state index contributed by atoms with van der Waals surface area (Å²) in [7, 11) is -3.65. The number of piperazine rings is 1. The van der Waals surface area contributed by atoms with Gasteiger partial charge in [0.25, 0.3) is 0 Å². The van der Waals surface area contributed by atoms with Gasteiger partial charge in [-0.2, -0.15) is 0 Å². The number of anilines is 2. The Morgan fingerprint density at radius 1 is 1.07 bits per heavy atom. The average molecular weight is 456 g/mol. The molecule has 0 bridgehead atoms. The van der Waals surface area contributed by atoms with Crippen LogP contribution in [0.4, 0.5) is 11.4 Å². The summed E-state index contributed by atoms with van der Waals surface area (Å²) >= 11 is 12.2. The smallest absolute Gasteiger partial charge is 0.243 e. The molecule has 2 aromatic carbocycles. The molecular formula is C20H23Cl2N3O3S. The second kappa shape index (κ2) is 8.81. The molecule has 1 aliphatic heterocycles. The van der Waals surface area contributed by atoms with Gasteiger partial charge in [-0.05, 0) is 42.8 Å². The SMILES string of the molecule is Cc1c(Cl)cccc1N(CC(=O)N1CCN(c2cccc(Cl)c2)CC1)S(C)(=O)=O. The second-order valence-electron chi connectivity index (χ2n) is 7.00. The molecule has 2 aromatic rings. The van der Waals surface area contributed by atoms with Gasteiger partial charge in [-0.3, -0.25) is 9.10 Å². The van der Waals surface area contributed by atoms with Gasteiger partial charge in [-0.1, -0.05) is 35.3 Å². The molecule has 1 saturated heterocycles. The summed E-state index contributed by atoms with van der Waals surface area (Å²) in [6.45, 7) is 3.82. The first-order chi connectivity index (χ1) is 13.7. The molecule has 0 unspecified atom stereocenters. The summed E-state index contributed by atoms with van der Waals surface area (Å²) < 4.78 is 25.9. The van der Waals surface area contributed by atoms with E-state index in [4.69, 9.17) is 23.2 Å². The van der Waals surface area contributed by atoms with Crippen LogP contribution in [0.1, 0.15) is 5.56 Å². The number of sulfonamides is 1. The zero-order valence-electron chi connectivity index (χ0n) is 16.3. The van der Waals surface area contributed by atoms with Crippen LogP contribution in [0, 0.1) is 6.92 Å². The van der Waals surface area contributed by atoms with Gasteiger partial charge >= 0.3 is 0 Å². The van der Waals surface area contributed by atoms with Crippen LogP contribution < -0.4 is 9.21 Å². The minimum Gasteiger partial charge on any atom is -0.368 e. The monoisotopic (exact) mass is 455 g/mol. The summed E-state index contributed by atoms with van der Waals surface area (Å²) in [5.74, 6) is -0.236. The van der Waals surface area contributed by atoms with Crippen molar-refractivity contribution in [2.24, 2.45) is 0 Å². The van der Waals surface area contributed by atoms with Crippen molar-refractivity contribution in [1.82, 2.24) is 4.90 Å². The van der Waals surface area contributed by atoms with E-state index in [1.807, 2.05) is 24.3 Å². The molecule has 9 heteroatoms. The molecule has 3 rings (SSSR count). The highest BCUT2D eigenvalue weighted by Crippen LogP contribution is 2.28. The Labute approximate surface area is 181 Å². The number of carbonyl (C=O) groups is 1. The Hall–Kier alpha value is -1.96. The lowest BCUT2D eigenvalue weighted by atomic mass is 10.2. The number of hydrogen-bond acceptors (Lipinski definition) is 4. The fourth-order valence-electron chi connectivity index (χ4n) is 3.36. The van der Waals surface area contributed by atoms with E-state index in [1.54, 1.807) is 30.0 Å². The third kappa shape index (κ3) is 5.15. The van der Waals surface area contributed by atoms with Crippen molar-refractivity contribution in [1.29, 1.82) is 0 Å². The van der Waals surface area contributed by atoms with Crippen LogP contribution in [-0.2, 0) is 14.8 Å². The first kappa shape index (κ1) is 21.7. The van der Waals surface area contributed by atoms with Crippen LogP contribution in [-0.4, -0.2) is 58.2 Å². The van der Waals surface area contributed by atoms with Crippen LogP contribution in [0.25, 0.3) is 0 Å². The summed E-state index contributed by atoms with van der Waals surface area (Å²) in [6, 6.07) is 12.6. The molecule has 1 fully saturated rings. The zero-order valence-corrected chi connectivity index (χ0v) is 18.6. The Morgan fingerprint density at radius 3 is 2.34 bits per heavy atom. The van der Waals surface area contributed by atoms with Crippen molar-refractivity contribution in [2.45, 2.75) is 6.92 Å². The molecule has 1 aliphatic rings. The molecule has 0 aromatic heterocycles. The normalized spacial score (nSPS) is 14.8. The Balaban J connectivity index is 1.71. The molecule has 0 atom stereocenters. The van der Waals surface area contributed by atoms with E-state index in [0.29, 0.717) is 47.5 Å². The van der Waals surface area contributed by atoms with Crippen molar-refractivity contribution < 1.29 is 13.2 Å². The third-order valence-electron chi connectivity index (χ3n) is 4.99. The van der Waals surface area contributed by atoms with E-state index >= 15 is 0 Å². The van der Waals surface area contributed by atoms with E-state index in [0.717, 1.165) is 16.2 Å². The van der Waals surface area contributed by atoms with Gasteiger partial charge in [0.2, 0.25) is 15.9 Å². The van der Waals surface area contributed by atoms with E-state index in [1.165, 1.54) is 0 Å². The number of rotatable bonds is 5. The van der Waals surface area contributed by atoms with Crippen molar-refractivity contribution in [3.63, 3.8) is 0 Å². The van der Waals surface area contributed by atoms with E-state index in [2.05, 4.69) is 4.90 Å². The number of hydrogen-bond donors (Lipinski definition) is 0. The summed E-state index contributed by atoms with van der Waals surface area (Å²) in [4.78, 5) is 16.7. The predicted octanol–water partition coefficient (Wildman–Crippen LogP) is 3.42. The quantitative estimate of drug-likeness (QED) is 0.692. The van der Waals surface area contributed by atoms with E-state index < -0.39 is 10.0 Å². The minimum atomic E-state index is -3.65. The summed E-state index contributed by atoms with van der Waals surface area (Å²) in [5.41, 5.74) is 2.06. The summed E-state index contributed by atoms with van der Waals surface area (Å²) in [5, 5.41) is 1.13. The Morgan fingerprint density at radius 2 is 1.72 bits per heavy atom. The molecule has 0 saturated carbocycles. The van der Waals surface area contributed by atoms with Crippen LogP contribution in [0.2, 0.25) is 10.0 Å². The molecule has 1 heterocycles. The highest BCUT2D eigenvalue weighted by molar-refractivity contribution is 7.92. The number of halogens is 2. The molecule has 0 spiro atoms. The molecular weight excluding hydrogens is 433 g/mol. The highest BCUT2D eigenvalue weighted by atomic mass is 35.5. The number of benzene rings is 2. The van der Waals surface area contributed by atoms with Gasteiger partial charge < -0.3 is 9.80 Å². The Kier molecular flexibility index (Phi) is 6.61. The predicted molar refractivity (Wildman–Crippen MR) is 119 cm³/mol. The molecule has 156 valence electrons. The van der Waals surface area contributed by atoms with Crippen LogP contribution >= 0.6 is 23.2 Å². The number of nitrogens with zero attached hydrogens (tertiary/aromatic N) is 3. The topological polar surface area (TPSA) is 60.9 Å². The van der Waals surface area contributed by atoms with Gasteiger partial charge in [-0.15, -0.1) is 0 Å². The average Bonchev–Trinajstić information content (AvgIpc) is 2.68. The first-order valence-corrected chi connectivity index (χ1v) is 11.8.